The number of amides is 2. The van der Waals surface area contributed by atoms with Gasteiger partial charge in [0.1, 0.15) is 10.6 Å². The van der Waals surface area contributed by atoms with Gasteiger partial charge in [-0.1, -0.05) is 18.2 Å². The molecule has 0 saturated carbocycles. The Balaban J connectivity index is 1.62. The van der Waals surface area contributed by atoms with Crippen molar-refractivity contribution in [3.05, 3.63) is 65.0 Å². The lowest BCUT2D eigenvalue weighted by atomic mass is 9.77. The number of fused-ring (bicyclic) bond motifs is 3. The van der Waals surface area contributed by atoms with Crippen molar-refractivity contribution >= 4 is 21.8 Å². The molecule has 45 heavy (non-hydrogen) atoms. The number of likely N-dealkylation sites (tertiary alicyclic amines) is 2. The van der Waals surface area contributed by atoms with E-state index in [9.17, 15) is 63.3 Å². The summed E-state index contributed by atoms with van der Waals surface area (Å²) in [5.74, 6) is -2.26. The van der Waals surface area contributed by atoms with E-state index < -0.39 is 72.5 Å². The van der Waals surface area contributed by atoms with Crippen molar-refractivity contribution < 1.29 is 63.3 Å². The number of carbonyl (C=O) groups excluding carboxylic acids is 1. The van der Waals surface area contributed by atoms with Gasteiger partial charge in [-0.25, -0.2) is 26.8 Å². The Morgan fingerprint density at radius 1 is 0.867 bits per heavy atom. The summed E-state index contributed by atoms with van der Waals surface area (Å²) >= 11 is 0. The Bertz CT molecular complexity index is 1610. The number of sulfone groups is 1. The molecule has 2 atom stereocenters. The quantitative estimate of drug-likeness (QED) is 0.356. The average molecular weight is 671 g/mol. The van der Waals surface area contributed by atoms with E-state index in [1.807, 2.05) is 0 Å². The van der Waals surface area contributed by atoms with Crippen LogP contribution in [0.5, 0.6) is 0 Å². The van der Waals surface area contributed by atoms with Gasteiger partial charge in [0, 0.05) is 38.0 Å². The molecule has 0 unspecified atom stereocenters. The molecule has 0 bridgehead atoms. The molecule has 2 N–H and O–H groups in total. The fraction of sp³-hybridized carbons (Fsp3) is 0.500. The lowest BCUT2D eigenvalue weighted by Crippen LogP contribution is -2.57. The van der Waals surface area contributed by atoms with Gasteiger partial charge >= 0.3 is 30.0 Å². The second kappa shape index (κ2) is 10.5. The molecule has 246 valence electrons. The molecule has 17 heteroatoms. The largest absolute Gasteiger partial charge is 0.479 e. The zero-order valence-electron chi connectivity index (χ0n) is 23.1. The first kappa shape index (κ1) is 32.9. The molecule has 1 aliphatic carbocycles. The summed E-state index contributed by atoms with van der Waals surface area (Å²) in [5, 5.41) is 19.5. The number of benzene rings is 2. The maximum atomic E-state index is 15.0. The first-order valence-electron chi connectivity index (χ1n) is 13.7. The number of nitrogens with zero attached hydrogens (tertiary/aromatic N) is 2. The van der Waals surface area contributed by atoms with Gasteiger partial charge in [-0.2, -0.15) is 26.3 Å². The highest BCUT2D eigenvalue weighted by atomic mass is 32.2. The molecule has 2 amide bonds. The molecule has 0 aromatic heterocycles. The van der Waals surface area contributed by atoms with E-state index in [1.165, 1.54) is 9.80 Å². The summed E-state index contributed by atoms with van der Waals surface area (Å²) in [6, 6.07) is 2.99. The summed E-state index contributed by atoms with van der Waals surface area (Å²) in [6.07, 6.45) is -14.4. The third-order valence-electron chi connectivity index (χ3n) is 9.17. The number of carboxylic acid groups (broad SMARTS) is 1. The Morgan fingerprint density at radius 3 is 1.98 bits per heavy atom. The summed E-state index contributed by atoms with van der Waals surface area (Å²) in [7, 11) is -4.66. The molecular formula is C28H26F8N2O6S. The highest BCUT2D eigenvalue weighted by Gasteiger charge is 2.74. The van der Waals surface area contributed by atoms with E-state index in [2.05, 4.69) is 0 Å². The third kappa shape index (κ3) is 4.84. The average Bonchev–Trinajstić information content (AvgIpc) is 3.37. The molecule has 2 heterocycles. The number of aliphatic hydroxyl groups is 1. The minimum absolute atomic E-state index is 0.198. The molecular weight excluding hydrogens is 644 g/mol. The molecule has 2 aromatic rings. The van der Waals surface area contributed by atoms with Gasteiger partial charge in [0.15, 0.2) is 15.4 Å². The van der Waals surface area contributed by atoms with Crippen LogP contribution in [0.2, 0.25) is 0 Å². The van der Waals surface area contributed by atoms with Crippen LogP contribution in [0, 0.1) is 5.82 Å². The summed E-state index contributed by atoms with van der Waals surface area (Å²) in [5.41, 5.74) is -10.1. The van der Waals surface area contributed by atoms with Crippen LogP contribution >= 0.6 is 0 Å². The Morgan fingerprint density at radius 2 is 1.44 bits per heavy atom. The number of piperidine rings is 1. The standard InChI is InChI=1S/C28H26F8N2O6S/c29-18-3-5-19(6-4-18)45(43,44)25-11-14-38(23(41)37-12-9-24(42,10-13-37)22(39)40)21(25)8-1-16-15-17(2-7-20(16)25)26(30,27(31,32)33)28(34,35)36/h2-7,15,21,42H,1,8-14H2,(H,39,40)/t21-,25-/m1/s1. The summed E-state index contributed by atoms with van der Waals surface area (Å²) < 4.78 is 137. The van der Waals surface area contributed by atoms with Crippen molar-refractivity contribution in [2.75, 3.05) is 19.6 Å². The Labute approximate surface area is 251 Å². The molecule has 2 aromatic carbocycles. The van der Waals surface area contributed by atoms with E-state index in [0.717, 1.165) is 24.3 Å². The zero-order valence-corrected chi connectivity index (χ0v) is 23.9. The number of rotatable bonds is 4. The van der Waals surface area contributed by atoms with Crippen LogP contribution < -0.4 is 0 Å². The third-order valence-corrected chi connectivity index (χ3v) is 11.7. The first-order chi connectivity index (χ1) is 20.7. The number of aliphatic carboxylic acids is 1. The monoisotopic (exact) mass is 670 g/mol. The number of urea groups is 1. The summed E-state index contributed by atoms with van der Waals surface area (Å²) in [4.78, 5) is 27.1. The van der Waals surface area contributed by atoms with Crippen molar-refractivity contribution in [3.8, 4) is 0 Å². The van der Waals surface area contributed by atoms with E-state index in [1.54, 1.807) is 0 Å². The summed E-state index contributed by atoms with van der Waals surface area (Å²) in [6.45, 7) is -0.630. The smallest absolute Gasteiger partial charge is 0.435 e. The molecule has 0 spiro atoms. The van der Waals surface area contributed by atoms with Gasteiger partial charge in [-0.05, 0) is 54.7 Å². The van der Waals surface area contributed by atoms with Gasteiger partial charge in [0.25, 0.3) is 0 Å². The normalized spacial score (nSPS) is 23.8. The van der Waals surface area contributed by atoms with Crippen LogP contribution in [0.15, 0.2) is 47.4 Å². The number of alkyl halides is 7. The van der Waals surface area contributed by atoms with Crippen molar-refractivity contribution in [1.29, 1.82) is 0 Å². The molecule has 2 fully saturated rings. The van der Waals surface area contributed by atoms with Gasteiger partial charge in [-0.15, -0.1) is 0 Å². The Hall–Kier alpha value is -3.47. The van der Waals surface area contributed by atoms with Gasteiger partial charge < -0.3 is 20.0 Å². The highest BCUT2D eigenvalue weighted by molar-refractivity contribution is 7.92. The predicted octanol–water partition coefficient (Wildman–Crippen LogP) is 4.84. The molecule has 2 saturated heterocycles. The van der Waals surface area contributed by atoms with Crippen molar-refractivity contribution in [2.24, 2.45) is 0 Å². The van der Waals surface area contributed by atoms with Crippen LogP contribution in [-0.4, -0.2) is 84.1 Å². The van der Waals surface area contributed by atoms with E-state index >= 15 is 0 Å². The number of carbonyl (C=O) groups is 2. The molecule has 2 aliphatic heterocycles. The van der Waals surface area contributed by atoms with Crippen LogP contribution in [0.1, 0.15) is 42.4 Å². The fourth-order valence-corrected chi connectivity index (χ4v) is 9.11. The Kier molecular flexibility index (Phi) is 7.71. The maximum absolute atomic E-state index is 15.0. The molecule has 5 rings (SSSR count). The van der Waals surface area contributed by atoms with Crippen LogP contribution in [0.25, 0.3) is 0 Å². The second-order valence-corrected chi connectivity index (χ2v) is 13.7. The van der Waals surface area contributed by atoms with Crippen molar-refractivity contribution in [1.82, 2.24) is 9.80 Å². The SMILES string of the molecule is O=C(N1CCC(O)(C(=O)O)CC1)N1CC[C@@]2(S(=O)(=O)c3ccc(F)cc3)c3ccc(C(F)(C(F)(F)F)C(F)(F)F)cc3CC[C@@H]12. The number of carboxylic acids is 1. The minimum atomic E-state index is -6.40. The van der Waals surface area contributed by atoms with Gasteiger partial charge in [0.05, 0.1) is 10.9 Å². The molecule has 0 radical (unpaired) electrons. The molecule has 8 nitrogen and oxygen atoms in total. The van der Waals surface area contributed by atoms with Crippen LogP contribution in [0.4, 0.5) is 39.9 Å². The van der Waals surface area contributed by atoms with E-state index in [-0.39, 0.29) is 68.9 Å². The van der Waals surface area contributed by atoms with Gasteiger partial charge in [-0.3, -0.25) is 0 Å². The fourth-order valence-electron chi connectivity index (χ4n) is 6.75. The number of hydrogen-bond donors (Lipinski definition) is 2. The predicted molar refractivity (Wildman–Crippen MR) is 139 cm³/mol. The van der Waals surface area contributed by atoms with Gasteiger partial charge in [0.2, 0.25) is 0 Å². The van der Waals surface area contributed by atoms with E-state index in [4.69, 9.17) is 0 Å². The first-order valence-corrected chi connectivity index (χ1v) is 15.2. The highest BCUT2D eigenvalue weighted by Crippen LogP contribution is 2.56. The maximum Gasteiger partial charge on any atom is 0.435 e. The topological polar surface area (TPSA) is 115 Å². The zero-order chi connectivity index (χ0) is 33.4. The van der Waals surface area contributed by atoms with Crippen molar-refractivity contribution in [2.45, 2.75) is 71.4 Å². The van der Waals surface area contributed by atoms with Crippen LogP contribution in [0.3, 0.4) is 0 Å². The number of halogens is 8. The molecule has 3 aliphatic rings. The second-order valence-electron chi connectivity index (χ2n) is 11.5. The lowest BCUT2D eigenvalue weighted by molar-refractivity contribution is -0.348. The number of aryl methyl sites for hydroxylation is 1. The minimum Gasteiger partial charge on any atom is -0.479 e. The number of hydrogen-bond acceptors (Lipinski definition) is 5. The van der Waals surface area contributed by atoms with Crippen molar-refractivity contribution in [3.63, 3.8) is 0 Å². The van der Waals surface area contributed by atoms with Crippen LogP contribution in [-0.2, 0) is 31.5 Å². The lowest BCUT2D eigenvalue weighted by Gasteiger charge is -2.44. The van der Waals surface area contributed by atoms with E-state index in [0.29, 0.717) is 12.1 Å².